The predicted octanol–water partition coefficient (Wildman–Crippen LogP) is 2.57. The van der Waals surface area contributed by atoms with Gasteiger partial charge in [0.1, 0.15) is 5.69 Å². The van der Waals surface area contributed by atoms with E-state index >= 15 is 0 Å². The molecule has 1 atom stereocenters. The molecule has 0 saturated carbocycles. The van der Waals surface area contributed by atoms with Crippen molar-refractivity contribution >= 4 is 0 Å². The van der Waals surface area contributed by atoms with Crippen LogP contribution in [-0.2, 0) is 13.0 Å². The summed E-state index contributed by atoms with van der Waals surface area (Å²) in [6.45, 7) is 5.16. The minimum Gasteiger partial charge on any atom is -0.493 e. The molecule has 2 heterocycles. The van der Waals surface area contributed by atoms with E-state index in [1.54, 1.807) is 13.3 Å². The van der Waals surface area contributed by atoms with Crippen LogP contribution in [0.15, 0.2) is 24.5 Å². The van der Waals surface area contributed by atoms with Gasteiger partial charge in [0.2, 0.25) is 0 Å². The van der Waals surface area contributed by atoms with E-state index in [2.05, 4.69) is 35.3 Å². The molecule has 0 aliphatic rings. The van der Waals surface area contributed by atoms with E-state index in [1.165, 1.54) is 5.56 Å². The fourth-order valence-corrected chi connectivity index (χ4v) is 2.63. The molecule has 0 amide bonds. The van der Waals surface area contributed by atoms with E-state index in [1.807, 2.05) is 24.0 Å². The Labute approximate surface area is 126 Å². The van der Waals surface area contributed by atoms with Gasteiger partial charge in [-0.25, -0.2) is 0 Å². The SMILES string of the molecule is CCCn1ncc(OC)c1C(NC)c1ncccc1CC. The molecule has 0 saturated heterocycles. The van der Waals surface area contributed by atoms with Crippen molar-refractivity contribution in [3.05, 3.63) is 41.5 Å². The largest absolute Gasteiger partial charge is 0.493 e. The Morgan fingerprint density at radius 2 is 2.19 bits per heavy atom. The Bertz CT molecular complexity index is 579. The van der Waals surface area contributed by atoms with E-state index in [0.717, 1.165) is 36.5 Å². The van der Waals surface area contributed by atoms with Crippen LogP contribution in [0.1, 0.15) is 43.3 Å². The molecule has 0 aliphatic carbocycles. The Kier molecular flexibility index (Phi) is 5.33. The number of methoxy groups -OCH3 is 1. The maximum atomic E-state index is 5.50. The van der Waals surface area contributed by atoms with Crippen molar-refractivity contribution in [1.29, 1.82) is 0 Å². The number of ether oxygens (including phenoxy) is 1. The molecule has 0 aliphatic heterocycles. The summed E-state index contributed by atoms with van der Waals surface area (Å²) in [5.41, 5.74) is 3.32. The summed E-state index contributed by atoms with van der Waals surface area (Å²) in [5, 5.41) is 7.82. The van der Waals surface area contributed by atoms with Gasteiger partial charge in [0.05, 0.1) is 25.0 Å². The summed E-state index contributed by atoms with van der Waals surface area (Å²) in [6.07, 6.45) is 5.60. The van der Waals surface area contributed by atoms with Gasteiger partial charge in [-0.1, -0.05) is 19.9 Å². The molecule has 1 unspecified atom stereocenters. The standard InChI is InChI=1S/C16H24N4O/c1-5-10-20-16(13(21-4)11-19-20)15(17-3)14-12(6-2)8-7-9-18-14/h7-9,11,15,17H,5-6,10H2,1-4H3. The fourth-order valence-electron chi connectivity index (χ4n) is 2.63. The molecule has 5 nitrogen and oxygen atoms in total. The van der Waals surface area contributed by atoms with Gasteiger partial charge in [-0.15, -0.1) is 0 Å². The summed E-state index contributed by atoms with van der Waals surface area (Å²) in [5.74, 6) is 0.801. The molecule has 2 aromatic rings. The molecule has 0 bridgehead atoms. The molecule has 21 heavy (non-hydrogen) atoms. The average Bonchev–Trinajstić information content (AvgIpc) is 2.92. The van der Waals surface area contributed by atoms with Crippen molar-refractivity contribution in [2.24, 2.45) is 0 Å². The van der Waals surface area contributed by atoms with Crippen LogP contribution in [0.25, 0.3) is 0 Å². The minimum atomic E-state index is -0.0230. The highest BCUT2D eigenvalue weighted by atomic mass is 16.5. The predicted molar refractivity (Wildman–Crippen MR) is 83.6 cm³/mol. The normalized spacial score (nSPS) is 12.4. The summed E-state index contributed by atoms with van der Waals surface area (Å²) in [7, 11) is 3.63. The van der Waals surface area contributed by atoms with Crippen molar-refractivity contribution in [2.45, 2.75) is 39.3 Å². The molecule has 1 N–H and O–H groups in total. The van der Waals surface area contributed by atoms with Crippen LogP contribution in [0.3, 0.4) is 0 Å². The second-order valence-electron chi connectivity index (χ2n) is 4.94. The molecule has 0 aromatic carbocycles. The third-order valence-electron chi connectivity index (χ3n) is 3.64. The summed E-state index contributed by atoms with van der Waals surface area (Å²) < 4.78 is 7.51. The lowest BCUT2D eigenvalue weighted by Crippen LogP contribution is -2.24. The Morgan fingerprint density at radius 3 is 2.81 bits per heavy atom. The highest BCUT2D eigenvalue weighted by molar-refractivity contribution is 5.37. The van der Waals surface area contributed by atoms with Crippen molar-refractivity contribution in [3.63, 3.8) is 0 Å². The van der Waals surface area contributed by atoms with Crippen molar-refractivity contribution < 1.29 is 4.74 Å². The average molecular weight is 288 g/mol. The van der Waals surface area contributed by atoms with Gasteiger partial charge < -0.3 is 10.1 Å². The summed E-state index contributed by atoms with van der Waals surface area (Å²) >= 11 is 0. The molecule has 5 heteroatoms. The Morgan fingerprint density at radius 1 is 1.38 bits per heavy atom. The van der Waals surface area contributed by atoms with E-state index in [4.69, 9.17) is 4.74 Å². The molecular formula is C16H24N4O. The zero-order chi connectivity index (χ0) is 15.2. The maximum Gasteiger partial charge on any atom is 0.161 e. The molecule has 0 spiro atoms. The van der Waals surface area contributed by atoms with Gasteiger partial charge in [-0.3, -0.25) is 9.67 Å². The van der Waals surface area contributed by atoms with Crippen LogP contribution in [0.2, 0.25) is 0 Å². The molecule has 2 rings (SSSR count). The quantitative estimate of drug-likeness (QED) is 0.851. The van der Waals surface area contributed by atoms with Gasteiger partial charge in [0, 0.05) is 12.7 Å². The minimum absolute atomic E-state index is 0.0230. The van der Waals surface area contributed by atoms with Crippen LogP contribution in [-0.4, -0.2) is 28.9 Å². The van der Waals surface area contributed by atoms with Crippen molar-refractivity contribution in [3.8, 4) is 5.75 Å². The zero-order valence-corrected chi connectivity index (χ0v) is 13.3. The summed E-state index contributed by atoms with van der Waals surface area (Å²) in [6, 6.07) is 4.08. The van der Waals surface area contributed by atoms with Crippen LogP contribution in [0, 0.1) is 0 Å². The fraction of sp³-hybridized carbons (Fsp3) is 0.500. The summed E-state index contributed by atoms with van der Waals surface area (Å²) in [4.78, 5) is 4.59. The number of nitrogens with zero attached hydrogens (tertiary/aromatic N) is 3. The van der Waals surface area contributed by atoms with Crippen molar-refractivity contribution in [2.75, 3.05) is 14.2 Å². The lowest BCUT2D eigenvalue weighted by Gasteiger charge is -2.21. The van der Waals surface area contributed by atoms with Crippen LogP contribution >= 0.6 is 0 Å². The van der Waals surface area contributed by atoms with Gasteiger partial charge in [-0.05, 0) is 31.5 Å². The first-order valence-electron chi connectivity index (χ1n) is 7.47. The van der Waals surface area contributed by atoms with Gasteiger partial charge >= 0.3 is 0 Å². The maximum absolute atomic E-state index is 5.50. The van der Waals surface area contributed by atoms with E-state index in [9.17, 15) is 0 Å². The van der Waals surface area contributed by atoms with Gasteiger partial charge in [0.15, 0.2) is 5.75 Å². The number of rotatable bonds is 7. The van der Waals surface area contributed by atoms with Crippen LogP contribution < -0.4 is 10.1 Å². The van der Waals surface area contributed by atoms with Gasteiger partial charge in [0.25, 0.3) is 0 Å². The number of aryl methyl sites for hydroxylation is 2. The van der Waals surface area contributed by atoms with Crippen molar-refractivity contribution in [1.82, 2.24) is 20.1 Å². The third kappa shape index (κ3) is 3.08. The third-order valence-corrected chi connectivity index (χ3v) is 3.64. The molecule has 114 valence electrons. The first-order valence-corrected chi connectivity index (χ1v) is 7.47. The number of nitrogens with one attached hydrogen (secondary N) is 1. The monoisotopic (exact) mass is 288 g/mol. The Hall–Kier alpha value is -1.88. The number of hydrogen-bond donors (Lipinski definition) is 1. The number of hydrogen-bond acceptors (Lipinski definition) is 4. The topological polar surface area (TPSA) is 52.0 Å². The second kappa shape index (κ2) is 7.22. The number of aromatic nitrogens is 3. The Balaban J connectivity index is 2.52. The lowest BCUT2D eigenvalue weighted by atomic mass is 10.0. The highest BCUT2D eigenvalue weighted by Gasteiger charge is 2.24. The molecule has 0 radical (unpaired) electrons. The molecule has 2 aromatic heterocycles. The second-order valence-corrected chi connectivity index (χ2v) is 4.94. The van der Waals surface area contributed by atoms with Crippen LogP contribution in [0.4, 0.5) is 0 Å². The van der Waals surface area contributed by atoms with E-state index in [-0.39, 0.29) is 6.04 Å². The smallest absolute Gasteiger partial charge is 0.161 e. The lowest BCUT2D eigenvalue weighted by molar-refractivity contribution is 0.399. The molecular weight excluding hydrogens is 264 g/mol. The molecule has 0 fully saturated rings. The van der Waals surface area contributed by atoms with E-state index in [0.29, 0.717) is 0 Å². The first-order chi connectivity index (χ1) is 10.3. The number of pyridine rings is 1. The first kappa shape index (κ1) is 15.5. The zero-order valence-electron chi connectivity index (χ0n) is 13.3. The van der Waals surface area contributed by atoms with Crippen LogP contribution in [0.5, 0.6) is 5.75 Å². The highest BCUT2D eigenvalue weighted by Crippen LogP contribution is 2.30. The van der Waals surface area contributed by atoms with E-state index < -0.39 is 0 Å². The van der Waals surface area contributed by atoms with Gasteiger partial charge in [-0.2, -0.15) is 5.10 Å².